The molecule has 2 aromatic rings. The number of likely N-dealkylation sites (N-methyl/N-ethyl adjacent to an activating group) is 1. The van der Waals surface area contributed by atoms with Crippen LogP contribution >= 0.6 is 11.6 Å². The highest BCUT2D eigenvalue weighted by molar-refractivity contribution is 7.89. The minimum absolute atomic E-state index is 0.0103. The third kappa shape index (κ3) is 5.33. The van der Waals surface area contributed by atoms with Crippen LogP contribution in [-0.2, 0) is 10.0 Å². The van der Waals surface area contributed by atoms with Gasteiger partial charge in [-0.15, -0.1) is 0 Å². The number of carbonyl (C=O) groups is 1. The largest absolute Gasteiger partial charge is 0.350 e. The summed E-state index contributed by atoms with van der Waals surface area (Å²) in [4.78, 5) is 14.4. The van der Waals surface area contributed by atoms with Crippen molar-refractivity contribution in [1.82, 2.24) is 14.9 Å². The van der Waals surface area contributed by atoms with Crippen LogP contribution in [0.2, 0.25) is 5.02 Å². The summed E-state index contributed by atoms with van der Waals surface area (Å²) < 4.78 is 41.3. The Morgan fingerprint density at radius 2 is 1.86 bits per heavy atom. The first-order chi connectivity index (χ1) is 13.7. The predicted molar refractivity (Wildman–Crippen MR) is 110 cm³/mol. The van der Waals surface area contributed by atoms with Gasteiger partial charge in [-0.25, -0.2) is 17.5 Å². The molecule has 0 unspecified atom stereocenters. The summed E-state index contributed by atoms with van der Waals surface area (Å²) in [5, 5.41) is 3.05. The summed E-state index contributed by atoms with van der Waals surface area (Å²) in [6, 6.07) is 9.72. The van der Waals surface area contributed by atoms with E-state index in [1.54, 1.807) is 25.1 Å². The van der Waals surface area contributed by atoms with Gasteiger partial charge in [0.05, 0.1) is 10.9 Å². The van der Waals surface area contributed by atoms with Gasteiger partial charge in [-0.3, -0.25) is 4.79 Å². The van der Waals surface area contributed by atoms with Crippen LogP contribution in [0.15, 0.2) is 47.4 Å². The number of hydrogen-bond donors (Lipinski definition) is 2. The van der Waals surface area contributed by atoms with Crippen molar-refractivity contribution in [3.63, 3.8) is 0 Å². The Morgan fingerprint density at radius 3 is 2.41 bits per heavy atom. The van der Waals surface area contributed by atoms with E-state index < -0.39 is 21.9 Å². The fourth-order valence-corrected chi connectivity index (χ4v) is 4.53. The molecule has 0 spiro atoms. The number of nitrogens with zero attached hydrogens (tertiary/aromatic N) is 1. The van der Waals surface area contributed by atoms with Crippen molar-refractivity contribution in [3.8, 4) is 0 Å². The maximum Gasteiger partial charge on any atom is 0.251 e. The molecule has 0 aliphatic heterocycles. The van der Waals surface area contributed by atoms with Crippen LogP contribution in [0.5, 0.6) is 0 Å². The Labute approximate surface area is 175 Å². The average molecular weight is 440 g/mol. The number of sulfonamides is 1. The summed E-state index contributed by atoms with van der Waals surface area (Å²) in [6.07, 6.45) is 1.69. The topological polar surface area (TPSA) is 78.5 Å². The Morgan fingerprint density at radius 1 is 1.21 bits per heavy atom. The highest BCUT2D eigenvalue weighted by Crippen LogP contribution is 2.28. The molecule has 0 radical (unpaired) electrons. The molecular formula is C20H23ClFN3O3S. The van der Waals surface area contributed by atoms with Crippen LogP contribution in [0.25, 0.3) is 0 Å². The lowest BCUT2D eigenvalue weighted by molar-refractivity contribution is 0.0941. The van der Waals surface area contributed by atoms with Crippen molar-refractivity contribution >= 4 is 27.5 Å². The lowest BCUT2D eigenvalue weighted by atomic mass is 10.0. The first kappa shape index (κ1) is 21.7. The number of carbonyl (C=O) groups excluding carboxylic acids is 1. The molecule has 1 aliphatic carbocycles. The highest BCUT2D eigenvalue weighted by atomic mass is 35.5. The zero-order valence-electron chi connectivity index (χ0n) is 16.2. The first-order valence-electron chi connectivity index (χ1n) is 9.20. The fourth-order valence-electron chi connectivity index (χ4n) is 2.94. The van der Waals surface area contributed by atoms with Gasteiger partial charge in [-0.05, 0) is 63.3 Å². The summed E-state index contributed by atoms with van der Waals surface area (Å²) in [7, 11) is -0.0268. The molecule has 29 heavy (non-hydrogen) atoms. The number of benzene rings is 2. The first-order valence-corrected chi connectivity index (χ1v) is 11.1. The van der Waals surface area contributed by atoms with Crippen molar-refractivity contribution in [2.75, 3.05) is 20.6 Å². The highest BCUT2D eigenvalue weighted by Gasteiger charge is 2.28. The van der Waals surface area contributed by atoms with Gasteiger partial charge < -0.3 is 10.2 Å². The van der Waals surface area contributed by atoms with Gasteiger partial charge in [-0.2, -0.15) is 0 Å². The van der Waals surface area contributed by atoms with E-state index in [0.29, 0.717) is 11.1 Å². The maximum atomic E-state index is 14.3. The van der Waals surface area contributed by atoms with E-state index in [9.17, 15) is 17.6 Å². The van der Waals surface area contributed by atoms with Crippen LogP contribution in [0.1, 0.15) is 34.8 Å². The molecular weight excluding hydrogens is 417 g/mol. The average Bonchev–Trinajstić information content (AvgIpc) is 3.47. The molecule has 3 rings (SSSR count). The van der Waals surface area contributed by atoms with Crippen molar-refractivity contribution in [1.29, 1.82) is 0 Å². The molecule has 0 bridgehead atoms. The zero-order chi connectivity index (χ0) is 21.2. The molecule has 6 nitrogen and oxygen atoms in total. The van der Waals surface area contributed by atoms with Crippen LogP contribution < -0.4 is 10.0 Å². The maximum absolute atomic E-state index is 14.3. The second-order valence-corrected chi connectivity index (χ2v) is 9.37. The van der Waals surface area contributed by atoms with Gasteiger partial charge in [0.2, 0.25) is 10.0 Å². The zero-order valence-corrected chi connectivity index (χ0v) is 17.7. The van der Waals surface area contributed by atoms with E-state index in [1.165, 1.54) is 36.4 Å². The molecule has 1 amide bonds. The molecule has 2 N–H and O–H groups in total. The van der Waals surface area contributed by atoms with Crippen LogP contribution in [0.3, 0.4) is 0 Å². The van der Waals surface area contributed by atoms with Crippen molar-refractivity contribution in [2.24, 2.45) is 0 Å². The second-order valence-electron chi connectivity index (χ2n) is 7.24. The van der Waals surface area contributed by atoms with Gasteiger partial charge in [0.15, 0.2) is 0 Å². The minimum atomic E-state index is -3.57. The molecule has 1 saturated carbocycles. The fraction of sp³-hybridized carbons (Fsp3) is 0.350. The lowest BCUT2D eigenvalue weighted by Crippen LogP contribution is -2.35. The third-order valence-corrected chi connectivity index (χ3v) is 6.60. The van der Waals surface area contributed by atoms with Crippen molar-refractivity contribution in [3.05, 3.63) is 64.4 Å². The number of rotatable bonds is 8. The number of nitrogens with one attached hydrogen (secondary N) is 2. The minimum Gasteiger partial charge on any atom is -0.350 e. The molecule has 2 aromatic carbocycles. The number of halogens is 2. The van der Waals surface area contributed by atoms with Crippen molar-refractivity contribution in [2.45, 2.75) is 29.8 Å². The van der Waals surface area contributed by atoms with E-state index in [0.717, 1.165) is 12.8 Å². The summed E-state index contributed by atoms with van der Waals surface area (Å²) >= 11 is 6.16. The second kappa shape index (κ2) is 8.79. The summed E-state index contributed by atoms with van der Waals surface area (Å²) in [5.41, 5.74) is 0.625. The monoisotopic (exact) mass is 439 g/mol. The lowest BCUT2D eigenvalue weighted by Gasteiger charge is -2.26. The Bertz CT molecular complexity index is 972. The Kier molecular flexibility index (Phi) is 6.58. The van der Waals surface area contributed by atoms with E-state index in [1.807, 2.05) is 0 Å². The number of hydrogen-bond acceptors (Lipinski definition) is 4. The quantitative estimate of drug-likeness (QED) is 0.662. The standard InChI is InChI=1S/C20H23ClFN3O3S/c1-25(2)18(19-16(21)4-3-5-17(19)22)12-23-20(26)13-6-10-15(11-7-13)29(27,28)24-14-8-9-14/h3-7,10-11,14,18,24H,8-9,12H2,1-2H3,(H,23,26)/t18-/m0/s1. The molecule has 1 aliphatic rings. The van der Waals surface area contributed by atoms with Crippen LogP contribution in [0.4, 0.5) is 4.39 Å². The molecule has 0 saturated heterocycles. The van der Waals surface area contributed by atoms with E-state index in [4.69, 9.17) is 11.6 Å². The van der Waals surface area contributed by atoms with E-state index >= 15 is 0 Å². The van der Waals surface area contributed by atoms with Crippen LogP contribution in [-0.4, -0.2) is 45.9 Å². The Hall–Kier alpha value is -2.00. The summed E-state index contributed by atoms with van der Waals surface area (Å²) in [6.45, 7) is 0.135. The van der Waals surface area contributed by atoms with E-state index in [-0.39, 0.29) is 28.4 Å². The van der Waals surface area contributed by atoms with Gasteiger partial charge in [0, 0.05) is 28.7 Å². The predicted octanol–water partition coefficient (Wildman–Crippen LogP) is 2.95. The molecule has 156 valence electrons. The van der Waals surface area contributed by atoms with Gasteiger partial charge >= 0.3 is 0 Å². The molecule has 0 heterocycles. The van der Waals surface area contributed by atoms with Crippen molar-refractivity contribution < 1.29 is 17.6 Å². The summed E-state index contributed by atoms with van der Waals surface area (Å²) in [5.74, 6) is -0.827. The molecule has 1 fully saturated rings. The molecule has 9 heteroatoms. The normalized spacial score (nSPS) is 15.3. The SMILES string of the molecule is CN(C)[C@@H](CNC(=O)c1ccc(S(=O)(=O)NC2CC2)cc1)c1c(F)cccc1Cl. The molecule has 1 atom stereocenters. The molecule has 0 aromatic heterocycles. The Balaban J connectivity index is 1.69. The van der Waals surface area contributed by atoms with E-state index in [2.05, 4.69) is 10.0 Å². The smallest absolute Gasteiger partial charge is 0.251 e. The van der Waals surface area contributed by atoms with Gasteiger partial charge in [-0.1, -0.05) is 17.7 Å². The number of amides is 1. The third-order valence-electron chi connectivity index (χ3n) is 4.74. The van der Waals surface area contributed by atoms with Crippen LogP contribution in [0, 0.1) is 5.82 Å². The van der Waals surface area contributed by atoms with Gasteiger partial charge in [0.1, 0.15) is 5.82 Å². The van der Waals surface area contributed by atoms with Gasteiger partial charge in [0.25, 0.3) is 5.91 Å².